The van der Waals surface area contributed by atoms with Gasteiger partial charge in [-0.25, -0.2) is 0 Å². The first-order valence-corrected chi connectivity index (χ1v) is 5.96. The van der Waals surface area contributed by atoms with E-state index in [1.54, 1.807) is 7.11 Å². The minimum absolute atomic E-state index is 0.571. The number of methoxy groups -OCH3 is 1. The van der Waals surface area contributed by atoms with E-state index in [1.165, 1.54) is 16.7 Å². The van der Waals surface area contributed by atoms with Gasteiger partial charge in [-0.1, -0.05) is 13.0 Å². The molecule has 0 radical (unpaired) electrons. The van der Waals surface area contributed by atoms with Crippen LogP contribution in [-0.2, 0) is 6.54 Å². The summed E-state index contributed by atoms with van der Waals surface area (Å²) in [7, 11) is 1.72. The van der Waals surface area contributed by atoms with Crippen LogP contribution in [0, 0.1) is 13.8 Å². The number of ether oxygens (including phenoxy) is 1. The Kier molecular flexibility index (Phi) is 4.81. The minimum atomic E-state index is 0.571. The molecule has 0 fully saturated rings. The lowest BCUT2D eigenvalue weighted by molar-refractivity contribution is 0.411. The Labute approximate surface area is 99.0 Å². The molecule has 1 N–H and O–H groups in total. The first-order chi connectivity index (χ1) is 7.58. The van der Waals surface area contributed by atoms with Crippen molar-refractivity contribution >= 4 is 0 Å². The van der Waals surface area contributed by atoms with Gasteiger partial charge in [0.15, 0.2) is 0 Å². The van der Waals surface area contributed by atoms with Gasteiger partial charge in [0.2, 0.25) is 0 Å². The van der Waals surface area contributed by atoms with Gasteiger partial charge in [0.1, 0.15) is 5.75 Å². The van der Waals surface area contributed by atoms with E-state index >= 15 is 0 Å². The highest BCUT2D eigenvalue weighted by molar-refractivity contribution is 5.41. The molecule has 0 amide bonds. The Morgan fingerprint density at radius 2 is 1.94 bits per heavy atom. The molecule has 1 atom stereocenters. The maximum absolute atomic E-state index is 5.31. The standard InChI is InChI=1S/C14H23NO/c1-6-12(4)15-9-13-7-11(3)14(16-5)8-10(13)2/h7-8,12,15H,6,9H2,1-5H3. The predicted octanol–water partition coefficient (Wildman–Crippen LogP) is 3.20. The van der Waals surface area contributed by atoms with Gasteiger partial charge in [0, 0.05) is 12.6 Å². The lowest BCUT2D eigenvalue weighted by Crippen LogP contribution is -2.24. The van der Waals surface area contributed by atoms with Crippen LogP contribution in [0.2, 0.25) is 0 Å². The molecule has 90 valence electrons. The summed E-state index contributed by atoms with van der Waals surface area (Å²) in [4.78, 5) is 0. The molecule has 1 aromatic rings. The fraction of sp³-hybridized carbons (Fsp3) is 0.571. The quantitative estimate of drug-likeness (QED) is 0.824. The second-order valence-electron chi connectivity index (χ2n) is 4.44. The van der Waals surface area contributed by atoms with Crippen molar-refractivity contribution in [3.05, 3.63) is 28.8 Å². The monoisotopic (exact) mass is 221 g/mol. The van der Waals surface area contributed by atoms with Crippen LogP contribution >= 0.6 is 0 Å². The highest BCUT2D eigenvalue weighted by atomic mass is 16.5. The Bertz CT molecular complexity index is 347. The molecule has 0 heterocycles. The van der Waals surface area contributed by atoms with E-state index in [1.807, 2.05) is 0 Å². The van der Waals surface area contributed by atoms with Gasteiger partial charge in [0.25, 0.3) is 0 Å². The minimum Gasteiger partial charge on any atom is -0.496 e. The van der Waals surface area contributed by atoms with E-state index in [2.05, 4.69) is 45.1 Å². The van der Waals surface area contributed by atoms with Crippen molar-refractivity contribution in [1.82, 2.24) is 5.32 Å². The third kappa shape index (κ3) is 3.24. The van der Waals surface area contributed by atoms with Gasteiger partial charge in [-0.15, -0.1) is 0 Å². The topological polar surface area (TPSA) is 21.3 Å². The summed E-state index contributed by atoms with van der Waals surface area (Å²) in [5.41, 5.74) is 3.85. The van der Waals surface area contributed by atoms with Crippen molar-refractivity contribution in [2.75, 3.05) is 7.11 Å². The van der Waals surface area contributed by atoms with Crippen molar-refractivity contribution in [3.63, 3.8) is 0 Å². The van der Waals surface area contributed by atoms with E-state index in [-0.39, 0.29) is 0 Å². The van der Waals surface area contributed by atoms with Gasteiger partial charge in [-0.05, 0) is 49.9 Å². The molecule has 2 nitrogen and oxygen atoms in total. The summed E-state index contributed by atoms with van der Waals surface area (Å²) >= 11 is 0. The summed E-state index contributed by atoms with van der Waals surface area (Å²) in [5, 5.41) is 3.51. The Morgan fingerprint density at radius 3 is 2.50 bits per heavy atom. The molecule has 1 aromatic carbocycles. The number of nitrogens with one attached hydrogen (secondary N) is 1. The van der Waals surface area contributed by atoms with Gasteiger partial charge in [-0.3, -0.25) is 0 Å². The van der Waals surface area contributed by atoms with Crippen LogP contribution in [0.1, 0.15) is 37.0 Å². The van der Waals surface area contributed by atoms with Crippen molar-refractivity contribution in [2.45, 2.75) is 46.7 Å². The van der Waals surface area contributed by atoms with E-state index in [4.69, 9.17) is 4.74 Å². The zero-order valence-electron chi connectivity index (χ0n) is 11.1. The summed E-state index contributed by atoms with van der Waals surface area (Å²) in [6.45, 7) is 9.57. The molecule has 0 saturated heterocycles. The third-order valence-corrected chi connectivity index (χ3v) is 3.11. The molecule has 2 heteroatoms. The van der Waals surface area contributed by atoms with Gasteiger partial charge in [0.05, 0.1) is 7.11 Å². The van der Waals surface area contributed by atoms with Crippen LogP contribution in [-0.4, -0.2) is 13.2 Å². The third-order valence-electron chi connectivity index (χ3n) is 3.11. The lowest BCUT2D eigenvalue weighted by Gasteiger charge is -2.15. The van der Waals surface area contributed by atoms with Crippen LogP contribution in [0.5, 0.6) is 5.75 Å². The SMILES string of the molecule is CCC(C)NCc1cc(C)c(OC)cc1C. The van der Waals surface area contributed by atoms with Crippen LogP contribution < -0.4 is 10.1 Å². The van der Waals surface area contributed by atoms with E-state index in [0.717, 1.165) is 18.7 Å². The van der Waals surface area contributed by atoms with Crippen molar-refractivity contribution in [2.24, 2.45) is 0 Å². The zero-order chi connectivity index (χ0) is 12.1. The second-order valence-corrected chi connectivity index (χ2v) is 4.44. The molecule has 16 heavy (non-hydrogen) atoms. The first-order valence-electron chi connectivity index (χ1n) is 5.96. The molecule has 0 aromatic heterocycles. The largest absolute Gasteiger partial charge is 0.496 e. The normalized spacial score (nSPS) is 12.6. The molecule has 0 aliphatic rings. The average molecular weight is 221 g/mol. The Hall–Kier alpha value is -1.02. The number of aryl methyl sites for hydroxylation is 2. The molecule has 0 saturated carbocycles. The van der Waals surface area contributed by atoms with E-state index < -0.39 is 0 Å². The number of hydrogen-bond donors (Lipinski definition) is 1. The molecule has 1 unspecified atom stereocenters. The highest BCUT2D eigenvalue weighted by Crippen LogP contribution is 2.22. The van der Waals surface area contributed by atoms with E-state index in [0.29, 0.717) is 6.04 Å². The summed E-state index contributed by atoms with van der Waals surface area (Å²) in [6, 6.07) is 4.90. The molecule has 0 spiro atoms. The zero-order valence-corrected chi connectivity index (χ0v) is 11.1. The average Bonchev–Trinajstić information content (AvgIpc) is 2.29. The second kappa shape index (κ2) is 5.90. The Morgan fingerprint density at radius 1 is 1.25 bits per heavy atom. The Balaban J connectivity index is 2.77. The van der Waals surface area contributed by atoms with Crippen molar-refractivity contribution < 1.29 is 4.74 Å². The molecular formula is C14H23NO. The smallest absolute Gasteiger partial charge is 0.122 e. The number of benzene rings is 1. The maximum Gasteiger partial charge on any atom is 0.122 e. The fourth-order valence-corrected chi connectivity index (χ4v) is 1.69. The van der Waals surface area contributed by atoms with E-state index in [9.17, 15) is 0 Å². The lowest BCUT2D eigenvalue weighted by atomic mass is 10.0. The summed E-state index contributed by atoms with van der Waals surface area (Å²) in [5.74, 6) is 0.977. The van der Waals surface area contributed by atoms with Gasteiger partial charge >= 0.3 is 0 Å². The van der Waals surface area contributed by atoms with Crippen LogP contribution in [0.15, 0.2) is 12.1 Å². The highest BCUT2D eigenvalue weighted by Gasteiger charge is 2.05. The summed E-state index contributed by atoms with van der Waals surface area (Å²) < 4.78 is 5.31. The molecule has 0 aliphatic carbocycles. The molecule has 0 aliphatic heterocycles. The molecule has 0 bridgehead atoms. The summed E-state index contributed by atoms with van der Waals surface area (Å²) in [6.07, 6.45) is 1.16. The fourth-order valence-electron chi connectivity index (χ4n) is 1.69. The van der Waals surface area contributed by atoms with Gasteiger partial charge < -0.3 is 10.1 Å². The number of hydrogen-bond acceptors (Lipinski definition) is 2. The van der Waals surface area contributed by atoms with Crippen molar-refractivity contribution in [3.8, 4) is 5.75 Å². The number of rotatable bonds is 5. The van der Waals surface area contributed by atoms with Crippen LogP contribution in [0.4, 0.5) is 0 Å². The predicted molar refractivity (Wildman–Crippen MR) is 69.1 cm³/mol. The first kappa shape index (κ1) is 13.0. The van der Waals surface area contributed by atoms with Gasteiger partial charge in [-0.2, -0.15) is 0 Å². The maximum atomic E-state index is 5.31. The van der Waals surface area contributed by atoms with Crippen LogP contribution in [0.3, 0.4) is 0 Å². The van der Waals surface area contributed by atoms with Crippen LogP contribution in [0.25, 0.3) is 0 Å². The molecule has 1 rings (SSSR count). The van der Waals surface area contributed by atoms with Crippen molar-refractivity contribution in [1.29, 1.82) is 0 Å². The molecular weight excluding hydrogens is 198 g/mol.